The molecule has 3 heterocycles. The maximum absolute atomic E-state index is 13.1. The lowest BCUT2D eigenvalue weighted by Gasteiger charge is -2.18. The third-order valence-corrected chi connectivity index (χ3v) is 2.85. The molecule has 0 amide bonds. The van der Waals surface area contributed by atoms with Crippen LogP contribution in [0.5, 0.6) is 0 Å². The molecule has 18 heavy (non-hydrogen) atoms. The highest BCUT2D eigenvalue weighted by molar-refractivity contribution is 5.78. The van der Waals surface area contributed by atoms with Crippen molar-refractivity contribution in [1.82, 2.24) is 9.97 Å². The SMILES string of the molecule is CN1CN(c2cc(F)nc(F)c2)c2ncccc21. The Labute approximate surface area is 103 Å². The van der Waals surface area contributed by atoms with E-state index in [1.54, 1.807) is 11.1 Å². The van der Waals surface area contributed by atoms with Gasteiger partial charge in [-0.3, -0.25) is 0 Å². The fraction of sp³-hybridized carbons (Fsp3) is 0.167. The maximum atomic E-state index is 13.1. The highest BCUT2D eigenvalue weighted by Gasteiger charge is 2.26. The van der Waals surface area contributed by atoms with E-state index in [2.05, 4.69) is 9.97 Å². The van der Waals surface area contributed by atoms with Crippen molar-refractivity contribution in [2.75, 3.05) is 23.5 Å². The first-order valence-corrected chi connectivity index (χ1v) is 5.42. The Morgan fingerprint density at radius 2 is 1.94 bits per heavy atom. The average Bonchev–Trinajstić information content (AvgIpc) is 2.66. The third-order valence-electron chi connectivity index (χ3n) is 2.85. The van der Waals surface area contributed by atoms with Gasteiger partial charge in [-0.2, -0.15) is 13.8 Å². The molecule has 0 N–H and O–H groups in total. The average molecular weight is 248 g/mol. The van der Waals surface area contributed by atoms with Crippen molar-refractivity contribution in [3.05, 3.63) is 42.4 Å². The molecule has 1 aliphatic rings. The van der Waals surface area contributed by atoms with E-state index in [1.807, 2.05) is 24.1 Å². The Balaban J connectivity index is 2.09. The Kier molecular flexibility index (Phi) is 2.36. The van der Waals surface area contributed by atoms with Crippen molar-refractivity contribution >= 4 is 17.2 Å². The molecular formula is C12H10F2N4. The summed E-state index contributed by atoms with van der Waals surface area (Å²) in [6.45, 7) is 0.495. The predicted octanol–water partition coefficient (Wildman–Crippen LogP) is 2.30. The van der Waals surface area contributed by atoms with E-state index < -0.39 is 11.9 Å². The molecule has 0 saturated heterocycles. The van der Waals surface area contributed by atoms with Gasteiger partial charge in [-0.1, -0.05) is 0 Å². The van der Waals surface area contributed by atoms with E-state index in [0.29, 0.717) is 18.2 Å². The first kappa shape index (κ1) is 10.9. The number of hydrogen-bond donors (Lipinski definition) is 0. The molecule has 4 nitrogen and oxygen atoms in total. The number of rotatable bonds is 1. The fourth-order valence-electron chi connectivity index (χ4n) is 2.06. The van der Waals surface area contributed by atoms with E-state index in [9.17, 15) is 8.78 Å². The van der Waals surface area contributed by atoms with Gasteiger partial charge in [-0.15, -0.1) is 0 Å². The second-order valence-electron chi connectivity index (χ2n) is 4.08. The summed E-state index contributed by atoms with van der Waals surface area (Å²) in [5, 5.41) is 0. The lowest BCUT2D eigenvalue weighted by atomic mass is 10.3. The number of halogens is 2. The first-order valence-electron chi connectivity index (χ1n) is 5.42. The van der Waals surface area contributed by atoms with Crippen LogP contribution in [0, 0.1) is 11.9 Å². The van der Waals surface area contributed by atoms with E-state index in [0.717, 1.165) is 5.69 Å². The minimum atomic E-state index is -0.836. The van der Waals surface area contributed by atoms with Crippen molar-refractivity contribution in [3.63, 3.8) is 0 Å². The molecule has 0 atom stereocenters. The molecule has 92 valence electrons. The van der Waals surface area contributed by atoms with Crippen LogP contribution in [0.1, 0.15) is 0 Å². The van der Waals surface area contributed by atoms with Crippen LogP contribution < -0.4 is 9.80 Å². The smallest absolute Gasteiger partial charge is 0.217 e. The van der Waals surface area contributed by atoms with Gasteiger partial charge in [-0.25, -0.2) is 4.98 Å². The van der Waals surface area contributed by atoms with Gasteiger partial charge in [0.05, 0.1) is 18.0 Å². The van der Waals surface area contributed by atoms with E-state index in [1.165, 1.54) is 12.1 Å². The van der Waals surface area contributed by atoms with E-state index >= 15 is 0 Å². The van der Waals surface area contributed by atoms with Gasteiger partial charge >= 0.3 is 0 Å². The zero-order valence-electron chi connectivity index (χ0n) is 9.64. The van der Waals surface area contributed by atoms with Crippen LogP contribution in [0.15, 0.2) is 30.5 Å². The molecule has 0 fully saturated rings. The normalized spacial score (nSPS) is 13.9. The van der Waals surface area contributed by atoms with Gasteiger partial charge in [0.2, 0.25) is 11.9 Å². The largest absolute Gasteiger partial charge is 0.354 e. The van der Waals surface area contributed by atoms with Crippen LogP contribution in [-0.2, 0) is 0 Å². The van der Waals surface area contributed by atoms with Crippen LogP contribution in [0.25, 0.3) is 0 Å². The number of nitrogens with zero attached hydrogens (tertiary/aromatic N) is 4. The summed E-state index contributed by atoms with van der Waals surface area (Å²) in [4.78, 5) is 11.0. The highest BCUT2D eigenvalue weighted by atomic mass is 19.1. The molecule has 0 radical (unpaired) electrons. The van der Waals surface area contributed by atoms with Gasteiger partial charge in [0.15, 0.2) is 5.82 Å². The second-order valence-corrected chi connectivity index (χ2v) is 4.08. The molecule has 0 saturated carbocycles. The minimum absolute atomic E-state index is 0.407. The van der Waals surface area contributed by atoms with Crippen molar-refractivity contribution in [1.29, 1.82) is 0 Å². The summed E-state index contributed by atoms with van der Waals surface area (Å²) in [5.74, 6) is -0.987. The van der Waals surface area contributed by atoms with Crippen molar-refractivity contribution < 1.29 is 8.78 Å². The molecule has 0 bridgehead atoms. The van der Waals surface area contributed by atoms with Gasteiger partial charge in [0.25, 0.3) is 0 Å². The number of fused-ring (bicyclic) bond motifs is 1. The predicted molar refractivity (Wildman–Crippen MR) is 63.8 cm³/mol. The fourth-order valence-corrected chi connectivity index (χ4v) is 2.06. The molecule has 0 aromatic carbocycles. The maximum Gasteiger partial charge on any atom is 0.217 e. The molecule has 2 aromatic heterocycles. The van der Waals surface area contributed by atoms with Gasteiger partial charge < -0.3 is 9.80 Å². The van der Waals surface area contributed by atoms with E-state index in [4.69, 9.17) is 0 Å². The molecule has 0 unspecified atom stereocenters. The standard InChI is InChI=1S/C12H10F2N4/c1-17-7-18(12-9(17)3-2-4-15-12)8-5-10(13)16-11(14)6-8/h2-6H,7H2,1H3. The first-order chi connectivity index (χ1) is 8.65. The third kappa shape index (κ3) is 1.66. The Hall–Kier alpha value is -2.24. The molecule has 1 aliphatic heterocycles. The zero-order valence-corrected chi connectivity index (χ0v) is 9.64. The minimum Gasteiger partial charge on any atom is -0.354 e. The second kappa shape index (κ2) is 3.90. The summed E-state index contributed by atoms with van der Waals surface area (Å²) >= 11 is 0. The number of aromatic nitrogens is 2. The van der Waals surface area contributed by atoms with Crippen molar-refractivity contribution in [2.24, 2.45) is 0 Å². The summed E-state index contributed by atoms with van der Waals surface area (Å²) in [7, 11) is 1.90. The van der Waals surface area contributed by atoms with Crippen LogP contribution in [0.3, 0.4) is 0 Å². The van der Waals surface area contributed by atoms with Crippen LogP contribution in [-0.4, -0.2) is 23.7 Å². The number of hydrogen-bond acceptors (Lipinski definition) is 4. The quantitative estimate of drug-likeness (QED) is 0.725. The Morgan fingerprint density at radius 1 is 1.22 bits per heavy atom. The molecule has 6 heteroatoms. The monoisotopic (exact) mass is 248 g/mol. The molecule has 0 spiro atoms. The van der Waals surface area contributed by atoms with Gasteiger partial charge in [0.1, 0.15) is 0 Å². The van der Waals surface area contributed by atoms with Crippen LogP contribution in [0.4, 0.5) is 26.0 Å². The summed E-state index contributed by atoms with van der Waals surface area (Å²) in [6, 6.07) is 6.13. The summed E-state index contributed by atoms with van der Waals surface area (Å²) < 4.78 is 26.3. The van der Waals surface area contributed by atoms with Crippen molar-refractivity contribution in [2.45, 2.75) is 0 Å². The molecular weight excluding hydrogens is 238 g/mol. The van der Waals surface area contributed by atoms with Crippen molar-refractivity contribution in [3.8, 4) is 0 Å². The van der Waals surface area contributed by atoms with Crippen LogP contribution in [0.2, 0.25) is 0 Å². The van der Waals surface area contributed by atoms with E-state index in [-0.39, 0.29) is 0 Å². The lowest BCUT2D eigenvalue weighted by molar-refractivity contribution is 0.513. The zero-order chi connectivity index (χ0) is 12.7. The van der Waals surface area contributed by atoms with Gasteiger partial charge in [-0.05, 0) is 12.1 Å². The molecule has 0 aliphatic carbocycles. The summed E-state index contributed by atoms with van der Waals surface area (Å²) in [5.41, 5.74) is 1.33. The number of pyridine rings is 2. The van der Waals surface area contributed by atoms with Crippen LogP contribution >= 0.6 is 0 Å². The Morgan fingerprint density at radius 3 is 2.67 bits per heavy atom. The lowest BCUT2D eigenvalue weighted by Crippen LogP contribution is -2.24. The summed E-state index contributed by atoms with van der Waals surface area (Å²) in [6.07, 6.45) is 1.65. The topological polar surface area (TPSA) is 32.3 Å². The molecule has 3 rings (SSSR count). The highest BCUT2D eigenvalue weighted by Crippen LogP contribution is 2.37. The number of anilines is 3. The van der Waals surface area contributed by atoms with Gasteiger partial charge in [0, 0.05) is 25.4 Å². The molecule has 2 aromatic rings. The Bertz CT molecular complexity index is 582.